The van der Waals surface area contributed by atoms with Crippen LogP contribution >= 0.6 is 10.6 Å². The normalized spacial score (nSPS) is 13.5. The van der Waals surface area contributed by atoms with Crippen LogP contribution < -0.4 is 0 Å². The molecule has 2 aromatic carbocycles. The highest BCUT2D eigenvalue weighted by molar-refractivity contribution is 8.24. The van der Waals surface area contributed by atoms with E-state index >= 15 is 0 Å². The zero-order valence-corrected chi connectivity index (χ0v) is 24.1. The number of benzene rings is 2. The molecule has 0 bridgehead atoms. The second-order valence-corrected chi connectivity index (χ2v) is 12.0. The van der Waals surface area contributed by atoms with Crippen LogP contribution in [0.25, 0.3) is 0 Å². The van der Waals surface area contributed by atoms with Gasteiger partial charge in [-0.1, -0.05) is 87.9 Å². The minimum Gasteiger partial charge on any atom is -0.465 e. The molecular formula is C29H44O7S. The first kappa shape index (κ1) is 32.6. The number of ether oxygens (including phenoxy) is 3. The van der Waals surface area contributed by atoms with E-state index in [9.17, 15) is 18.7 Å². The summed E-state index contributed by atoms with van der Waals surface area (Å²) >= 11 is 0. The number of hydrogen-bond donors (Lipinski definition) is 2. The fourth-order valence-corrected chi connectivity index (χ4v) is 5.67. The number of aryl methyl sites for hydroxylation is 1. The van der Waals surface area contributed by atoms with Crippen LogP contribution in [0.3, 0.4) is 0 Å². The Hall–Kier alpha value is -2.39. The van der Waals surface area contributed by atoms with E-state index in [-0.39, 0.29) is 32.2 Å². The highest BCUT2D eigenvalue weighted by Crippen LogP contribution is 2.44. The Bertz CT molecular complexity index is 975. The summed E-state index contributed by atoms with van der Waals surface area (Å²) in [6, 6.07) is 17.1. The van der Waals surface area contributed by atoms with Crippen LogP contribution in [0.5, 0.6) is 0 Å². The van der Waals surface area contributed by atoms with Gasteiger partial charge in [0.15, 0.2) is 0 Å². The van der Waals surface area contributed by atoms with Crippen LogP contribution in [0, 0.1) is 12.3 Å². The Balaban J connectivity index is 0.00000334. The molecule has 0 aliphatic rings. The van der Waals surface area contributed by atoms with Gasteiger partial charge in [0.25, 0.3) is 0 Å². The SMILES string of the molecule is CC.CCOC(=O)CS(O)(O)CC(C)(C)COCC(C)(C(=O)OCc1ccccc1)c1cccc(C)c1. The Morgan fingerprint density at radius 3 is 2.16 bits per heavy atom. The summed E-state index contributed by atoms with van der Waals surface area (Å²) in [6.07, 6.45) is 0. The fourth-order valence-electron chi connectivity index (χ4n) is 3.77. The molecule has 0 saturated carbocycles. The highest BCUT2D eigenvalue weighted by Gasteiger charge is 2.39. The molecule has 8 heteroatoms. The second-order valence-electron chi connectivity index (χ2n) is 9.82. The fraction of sp³-hybridized carbons (Fsp3) is 0.517. The van der Waals surface area contributed by atoms with Gasteiger partial charge >= 0.3 is 11.9 Å². The molecule has 7 nitrogen and oxygen atoms in total. The van der Waals surface area contributed by atoms with E-state index in [2.05, 4.69) is 0 Å². The van der Waals surface area contributed by atoms with Crippen molar-refractivity contribution in [1.82, 2.24) is 0 Å². The quantitative estimate of drug-likeness (QED) is 0.286. The smallest absolute Gasteiger partial charge is 0.325 e. The lowest BCUT2D eigenvalue weighted by Gasteiger charge is -2.39. The van der Waals surface area contributed by atoms with Crippen molar-refractivity contribution >= 4 is 22.5 Å². The third-order valence-electron chi connectivity index (χ3n) is 5.48. The highest BCUT2D eigenvalue weighted by atomic mass is 32.3. The van der Waals surface area contributed by atoms with Crippen LogP contribution in [-0.2, 0) is 35.8 Å². The van der Waals surface area contributed by atoms with Crippen molar-refractivity contribution in [2.45, 2.75) is 60.5 Å². The predicted octanol–water partition coefficient (Wildman–Crippen LogP) is 6.38. The Kier molecular flexibility index (Phi) is 13.3. The third kappa shape index (κ3) is 11.3. The van der Waals surface area contributed by atoms with Gasteiger partial charge in [0.05, 0.1) is 19.8 Å². The third-order valence-corrected chi connectivity index (χ3v) is 7.42. The van der Waals surface area contributed by atoms with Crippen LogP contribution in [0.1, 0.15) is 58.2 Å². The van der Waals surface area contributed by atoms with Gasteiger partial charge in [-0.15, -0.1) is 0 Å². The lowest BCUT2D eigenvalue weighted by Crippen LogP contribution is -2.40. The van der Waals surface area contributed by atoms with Gasteiger partial charge in [0.2, 0.25) is 0 Å². The molecule has 2 aromatic rings. The first-order valence-corrected chi connectivity index (χ1v) is 14.5. The van der Waals surface area contributed by atoms with Crippen molar-refractivity contribution in [2.75, 3.05) is 31.3 Å². The van der Waals surface area contributed by atoms with Crippen molar-refractivity contribution in [3.8, 4) is 0 Å². The van der Waals surface area contributed by atoms with E-state index < -0.39 is 39.1 Å². The number of esters is 2. The number of carbonyl (C=O) groups excluding carboxylic acids is 2. The maximum atomic E-state index is 13.3. The molecule has 2 rings (SSSR count). The van der Waals surface area contributed by atoms with E-state index in [1.54, 1.807) is 13.8 Å². The van der Waals surface area contributed by atoms with Gasteiger partial charge in [0.1, 0.15) is 17.8 Å². The second kappa shape index (κ2) is 15.1. The lowest BCUT2D eigenvalue weighted by atomic mass is 9.82. The molecule has 208 valence electrons. The Morgan fingerprint density at radius 1 is 0.919 bits per heavy atom. The molecule has 0 spiro atoms. The zero-order chi connectivity index (χ0) is 28.1. The van der Waals surface area contributed by atoms with Gasteiger partial charge in [-0.05, 0) is 31.9 Å². The molecule has 0 heterocycles. The minimum atomic E-state index is -3.19. The molecule has 0 saturated heterocycles. The summed E-state index contributed by atoms with van der Waals surface area (Å²) in [6.45, 7) is 13.6. The monoisotopic (exact) mass is 536 g/mol. The molecule has 37 heavy (non-hydrogen) atoms. The minimum absolute atomic E-state index is 0.0293. The number of carbonyl (C=O) groups is 2. The molecule has 0 aliphatic carbocycles. The number of hydrogen-bond acceptors (Lipinski definition) is 7. The van der Waals surface area contributed by atoms with E-state index in [0.717, 1.165) is 16.7 Å². The van der Waals surface area contributed by atoms with Gasteiger partial charge in [-0.2, -0.15) is 10.6 Å². The predicted molar refractivity (Wildman–Crippen MR) is 150 cm³/mol. The van der Waals surface area contributed by atoms with Crippen LogP contribution in [0.15, 0.2) is 54.6 Å². The summed E-state index contributed by atoms with van der Waals surface area (Å²) in [5.74, 6) is -1.52. The van der Waals surface area contributed by atoms with Gasteiger partial charge in [-0.3, -0.25) is 18.7 Å². The number of rotatable bonds is 13. The molecule has 0 fully saturated rings. The summed E-state index contributed by atoms with van der Waals surface area (Å²) in [5.41, 5.74) is 0.954. The van der Waals surface area contributed by atoms with Crippen molar-refractivity contribution in [2.24, 2.45) is 5.41 Å². The van der Waals surface area contributed by atoms with Crippen molar-refractivity contribution in [1.29, 1.82) is 0 Å². The maximum Gasteiger partial charge on any atom is 0.325 e. The molecule has 0 radical (unpaired) electrons. The molecular weight excluding hydrogens is 492 g/mol. The summed E-state index contributed by atoms with van der Waals surface area (Å²) in [7, 11) is -3.19. The van der Waals surface area contributed by atoms with Gasteiger partial charge in [-0.25, -0.2) is 0 Å². The largest absolute Gasteiger partial charge is 0.465 e. The molecule has 0 aromatic heterocycles. The first-order valence-electron chi connectivity index (χ1n) is 12.6. The zero-order valence-electron chi connectivity index (χ0n) is 23.3. The summed E-state index contributed by atoms with van der Waals surface area (Å²) in [5, 5.41) is 0. The van der Waals surface area contributed by atoms with Crippen molar-refractivity contribution < 1.29 is 32.9 Å². The molecule has 2 N–H and O–H groups in total. The van der Waals surface area contributed by atoms with Gasteiger partial charge in [0, 0.05) is 11.2 Å². The molecule has 0 amide bonds. The standard InChI is InChI=1S/C27H38O7S.C2H6/c1-6-33-24(28)17-35(30,31)20-26(3,4)18-32-19-27(5,23-14-10-11-21(2)15-23)25(29)34-16-22-12-8-7-9-13-22;1-2/h7-15,30-31H,6,16-20H2,1-5H3;1-2H3. The van der Waals surface area contributed by atoms with Crippen molar-refractivity contribution in [3.63, 3.8) is 0 Å². The molecule has 1 atom stereocenters. The first-order chi connectivity index (χ1) is 17.4. The molecule has 1 unspecified atom stereocenters. The van der Waals surface area contributed by atoms with E-state index in [0.29, 0.717) is 0 Å². The maximum absolute atomic E-state index is 13.3. The summed E-state index contributed by atoms with van der Waals surface area (Å²) < 4.78 is 37.3. The van der Waals surface area contributed by atoms with Crippen LogP contribution in [-0.4, -0.2) is 52.4 Å². The Morgan fingerprint density at radius 2 is 1.57 bits per heavy atom. The lowest BCUT2D eigenvalue weighted by molar-refractivity contribution is -0.154. The van der Waals surface area contributed by atoms with Crippen LogP contribution in [0.2, 0.25) is 0 Å². The Labute approximate surface area is 223 Å². The van der Waals surface area contributed by atoms with Crippen LogP contribution in [0.4, 0.5) is 0 Å². The van der Waals surface area contributed by atoms with E-state index in [4.69, 9.17) is 14.2 Å². The van der Waals surface area contributed by atoms with E-state index in [1.165, 1.54) is 0 Å². The van der Waals surface area contributed by atoms with Crippen molar-refractivity contribution in [3.05, 3.63) is 71.3 Å². The summed E-state index contributed by atoms with van der Waals surface area (Å²) in [4.78, 5) is 25.0. The average Bonchev–Trinajstić information content (AvgIpc) is 2.83. The van der Waals surface area contributed by atoms with E-state index in [1.807, 2.05) is 89.2 Å². The average molecular weight is 537 g/mol. The topological polar surface area (TPSA) is 102 Å². The molecule has 0 aliphatic heterocycles. The van der Waals surface area contributed by atoms with Gasteiger partial charge < -0.3 is 14.2 Å².